The van der Waals surface area contributed by atoms with Crippen molar-refractivity contribution in [1.82, 2.24) is 10.4 Å². The fourth-order valence-corrected chi connectivity index (χ4v) is 1.72. The highest BCUT2D eigenvalue weighted by atomic mass is 16.6. The number of nitrogens with one attached hydrogen (secondary N) is 1. The summed E-state index contributed by atoms with van der Waals surface area (Å²) in [5, 5.41) is 1.41. The molecule has 19 heavy (non-hydrogen) atoms. The van der Waals surface area contributed by atoms with Gasteiger partial charge >= 0.3 is 12.1 Å². The molecule has 7 heteroatoms. The standard InChI is InChI=1S/C12H22N2O5/c1-11(2,3)19-10(16)13-14-8(9(15)17-6)7-18-12(14,4)5/h8H,7H2,1-6H3,(H,13,16)/t8-/m0/s1. The maximum Gasteiger partial charge on any atom is 0.422 e. The number of methoxy groups -OCH3 is 1. The van der Waals surface area contributed by atoms with E-state index in [1.165, 1.54) is 12.1 Å². The number of hydrogen-bond donors (Lipinski definition) is 1. The van der Waals surface area contributed by atoms with Gasteiger partial charge < -0.3 is 14.2 Å². The van der Waals surface area contributed by atoms with E-state index in [1.807, 2.05) is 0 Å². The molecule has 0 saturated carbocycles. The van der Waals surface area contributed by atoms with Crippen molar-refractivity contribution >= 4 is 12.1 Å². The van der Waals surface area contributed by atoms with E-state index >= 15 is 0 Å². The van der Waals surface area contributed by atoms with Gasteiger partial charge in [0.1, 0.15) is 11.3 Å². The molecular weight excluding hydrogens is 252 g/mol. The summed E-state index contributed by atoms with van der Waals surface area (Å²) in [6.07, 6.45) is -0.639. The highest BCUT2D eigenvalue weighted by Crippen LogP contribution is 2.25. The van der Waals surface area contributed by atoms with Crippen molar-refractivity contribution in [3.8, 4) is 0 Å². The lowest BCUT2D eigenvalue weighted by Gasteiger charge is -2.33. The Kier molecular flexibility index (Phi) is 4.42. The molecule has 0 aromatic carbocycles. The number of amides is 1. The Morgan fingerprint density at radius 1 is 1.37 bits per heavy atom. The lowest BCUT2D eigenvalue weighted by Crippen LogP contribution is -2.57. The van der Waals surface area contributed by atoms with Gasteiger partial charge in [-0.3, -0.25) is 10.2 Å². The van der Waals surface area contributed by atoms with Gasteiger partial charge in [-0.2, -0.15) is 5.01 Å². The minimum atomic E-state index is -0.810. The molecule has 0 unspecified atom stereocenters. The molecular formula is C12H22N2O5. The third-order valence-electron chi connectivity index (χ3n) is 2.57. The number of carbonyl (C=O) groups excluding carboxylic acids is 2. The Morgan fingerprint density at radius 3 is 2.42 bits per heavy atom. The summed E-state index contributed by atoms with van der Waals surface area (Å²) >= 11 is 0. The lowest BCUT2D eigenvalue weighted by atomic mass is 10.2. The Morgan fingerprint density at radius 2 is 1.95 bits per heavy atom. The van der Waals surface area contributed by atoms with Crippen molar-refractivity contribution in [2.45, 2.75) is 52.0 Å². The molecule has 1 fully saturated rings. The molecule has 1 heterocycles. The van der Waals surface area contributed by atoms with Crippen LogP contribution in [-0.2, 0) is 19.0 Å². The first-order chi connectivity index (χ1) is 8.57. The van der Waals surface area contributed by atoms with E-state index in [1.54, 1.807) is 34.6 Å². The van der Waals surface area contributed by atoms with Gasteiger partial charge in [0.25, 0.3) is 0 Å². The van der Waals surface area contributed by atoms with Gasteiger partial charge in [0.15, 0.2) is 6.04 Å². The largest absolute Gasteiger partial charge is 0.468 e. The first-order valence-electron chi connectivity index (χ1n) is 6.07. The molecule has 110 valence electrons. The van der Waals surface area contributed by atoms with Gasteiger partial charge in [-0.05, 0) is 34.6 Å². The maximum absolute atomic E-state index is 11.8. The predicted octanol–water partition coefficient (Wildman–Crippen LogP) is 1.04. The molecule has 1 N–H and O–H groups in total. The molecule has 1 aliphatic rings. The molecule has 7 nitrogen and oxygen atoms in total. The summed E-state index contributed by atoms with van der Waals surface area (Å²) in [6.45, 7) is 8.91. The first kappa shape index (κ1) is 15.7. The summed E-state index contributed by atoms with van der Waals surface area (Å²) in [5.74, 6) is -0.471. The second-order valence-electron chi connectivity index (χ2n) is 5.78. The van der Waals surface area contributed by atoms with Crippen LogP contribution in [0.25, 0.3) is 0 Å². The number of rotatable bonds is 2. The number of hydrogen-bond acceptors (Lipinski definition) is 6. The van der Waals surface area contributed by atoms with Gasteiger partial charge in [-0.1, -0.05) is 0 Å². The van der Waals surface area contributed by atoms with Crippen LogP contribution < -0.4 is 5.43 Å². The van der Waals surface area contributed by atoms with Crippen LogP contribution in [0.2, 0.25) is 0 Å². The minimum absolute atomic E-state index is 0.148. The summed E-state index contributed by atoms with van der Waals surface area (Å²) in [7, 11) is 1.29. The fourth-order valence-electron chi connectivity index (χ4n) is 1.72. The minimum Gasteiger partial charge on any atom is -0.468 e. The zero-order valence-corrected chi connectivity index (χ0v) is 12.3. The van der Waals surface area contributed by atoms with Gasteiger partial charge in [0, 0.05) is 0 Å². The summed E-state index contributed by atoms with van der Waals surface area (Å²) in [4.78, 5) is 23.4. The third-order valence-corrected chi connectivity index (χ3v) is 2.57. The molecule has 0 aromatic rings. The van der Waals surface area contributed by atoms with Crippen molar-refractivity contribution in [2.75, 3.05) is 13.7 Å². The molecule has 0 aromatic heterocycles. The van der Waals surface area contributed by atoms with Crippen LogP contribution in [0.1, 0.15) is 34.6 Å². The van der Waals surface area contributed by atoms with Crippen LogP contribution in [0.3, 0.4) is 0 Å². The number of esters is 1. The van der Waals surface area contributed by atoms with Crippen LogP contribution >= 0.6 is 0 Å². The molecule has 1 rings (SSSR count). The van der Waals surface area contributed by atoms with Gasteiger partial charge in [0.2, 0.25) is 0 Å². The molecule has 0 radical (unpaired) electrons. The molecule has 1 amide bonds. The van der Waals surface area contributed by atoms with Crippen molar-refractivity contribution < 1.29 is 23.8 Å². The monoisotopic (exact) mass is 274 g/mol. The topological polar surface area (TPSA) is 77.1 Å². The van der Waals surface area contributed by atoms with E-state index in [0.717, 1.165) is 0 Å². The third kappa shape index (κ3) is 4.07. The predicted molar refractivity (Wildman–Crippen MR) is 67.0 cm³/mol. The van der Waals surface area contributed by atoms with Crippen molar-refractivity contribution in [3.63, 3.8) is 0 Å². The summed E-state index contributed by atoms with van der Waals surface area (Å²) < 4.78 is 15.3. The lowest BCUT2D eigenvalue weighted by molar-refractivity contribution is -0.149. The van der Waals surface area contributed by atoms with Gasteiger partial charge in [-0.25, -0.2) is 4.79 Å². The van der Waals surface area contributed by atoms with E-state index in [4.69, 9.17) is 9.47 Å². The number of nitrogens with zero attached hydrogens (tertiary/aromatic N) is 1. The molecule has 1 atom stereocenters. The maximum atomic E-state index is 11.8. The van der Waals surface area contributed by atoms with E-state index in [0.29, 0.717) is 0 Å². The highest BCUT2D eigenvalue weighted by molar-refractivity contribution is 5.77. The SMILES string of the molecule is COC(=O)[C@@H]1COC(C)(C)N1NC(=O)OC(C)(C)C. The number of carbonyl (C=O) groups is 2. The van der Waals surface area contributed by atoms with E-state index < -0.39 is 29.4 Å². The quantitative estimate of drug-likeness (QED) is 0.758. The fraction of sp³-hybridized carbons (Fsp3) is 0.833. The zero-order chi connectivity index (χ0) is 14.8. The summed E-state index contributed by atoms with van der Waals surface area (Å²) in [5.41, 5.74) is 1.11. The second-order valence-corrected chi connectivity index (χ2v) is 5.78. The molecule has 1 saturated heterocycles. The summed E-state index contributed by atoms with van der Waals surface area (Å²) in [6, 6.07) is -0.687. The van der Waals surface area contributed by atoms with E-state index in [2.05, 4.69) is 10.2 Å². The van der Waals surface area contributed by atoms with Crippen LogP contribution in [0, 0.1) is 0 Å². The Balaban J connectivity index is 2.76. The molecule has 0 bridgehead atoms. The Bertz CT molecular complexity index is 362. The molecule has 0 spiro atoms. The Hall–Kier alpha value is -1.34. The number of hydrazine groups is 1. The number of ether oxygens (including phenoxy) is 3. The Labute approximate surface area is 113 Å². The van der Waals surface area contributed by atoms with Crippen molar-refractivity contribution in [1.29, 1.82) is 0 Å². The molecule has 1 aliphatic heterocycles. The van der Waals surface area contributed by atoms with E-state index in [9.17, 15) is 9.59 Å². The van der Waals surface area contributed by atoms with Crippen molar-refractivity contribution in [2.24, 2.45) is 0 Å². The van der Waals surface area contributed by atoms with Crippen LogP contribution in [0.4, 0.5) is 4.79 Å². The normalized spacial score (nSPS) is 22.9. The zero-order valence-electron chi connectivity index (χ0n) is 12.3. The van der Waals surface area contributed by atoms with E-state index in [-0.39, 0.29) is 6.61 Å². The second kappa shape index (κ2) is 5.34. The highest BCUT2D eigenvalue weighted by Gasteiger charge is 2.46. The van der Waals surface area contributed by atoms with Crippen LogP contribution in [-0.4, -0.2) is 48.2 Å². The van der Waals surface area contributed by atoms with Gasteiger partial charge in [-0.15, -0.1) is 0 Å². The first-order valence-corrected chi connectivity index (χ1v) is 6.07. The van der Waals surface area contributed by atoms with Crippen LogP contribution in [0.15, 0.2) is 0 Å². The van der Waals surface area contributed by atoms with Crippen molar-refractivity contribution in [3.05, 3.63) is 0 Å². The smallest absolute Gasteiger partial charge is 0.422 e. The van der Waals surface area contributed by atoms with Gasteiger partial charge in [0.05, 0.1) is 13.7 Å². The molecule has 0 aliphatic carbocycles. The average Bonchev–Trinajstić information content (AvgIpc) is 2.51. The average molecular weight is 274 g/mol. The van der Waals surface area contributed by atoms with Crippen LogP contribution in [0.5, 0.6) is 0 Å².